The van der Waals surface area contributed by atoms with Gasteiger partial charge < -0.3 is 10.2 Å². The van der Waals surface area contributed by atoms with Crippen LogP contribution in [0.3, 0.4) is 0 Å². The van der Waals surface area contributed by atoms with Crippen LogP contribution in [-0.2, 0) is 0 Å². The maximum atomic E-state index is 13.1. The van der Waals surface area contributed by atoms with E-state index >= 15 is 0 Å². The monoisotopic (exact) mass is 392 g/mol. The van der Waals surface area contributed by atoms with Crippen LogP contribution in [0.4, 0.5) is 15.8 Å². The largest absolute Gasteiger partial charge is 0.372 e. The number of hydrazone groups is 1. The molecule has 4 nitrogen and oxygen atoms in total. The van der Waals surface area contributed by atoms with Crippen LogP contribution < -0.4 is 15.6 Å². The first-order valence-electron chi connectivity index (χ1n) is 8.43. The van der Waals surface area contributed by atoms with E-state index in [1.54, 1.807) is 12.3 Å². The van der Waals surface area contributed by atoms with Gasteiger partial charge >= 0.3 is 0 Å². The van der Waals surface area contributed by atoms with Gasteiger partial charge in [0.1, 0.15) is 5.82 Å². The Morgan fingerprint density at radius 2 is 1.96 bits per heavy atom. The molecule has 0 radical (unpaired) electrons. The Labute approximate surface area is 164 Å². The van der Waals surface area contributed by atoms with Gasteiger partial charge in [-0.15, -0.1) is 0 Å². The van der Waals surface area contributed by atoms with E-state index in [9.17, 15) is 4.39 Å². The van der Waals surface area contributed by atoms with Gasteiger partial charge in [0.05, 0.1) is 11.2 Å². The van der Waals surface area contributed by atoms with Crippen LogP contribution in [0, 0.1) is 5.82 Å². The number of benzene rings is 2. The predicted octanol–water partition coefficient (Wildman–Crippen LogP) is 5.04. The second-order valence-electron chi connectivity index (χ2n) is 5.62. The van der Waals surface area contributed by atoms with Crippen LogP contribution in [0.2, 0.25) is 5.02 Å². The Bertz CT molecular complexity index is 765. The average Bonchev–Trinajstić information content (AvgIpc) is 2.63. The third-order valence-electron chi connectivity index (χ3n) is 3.69. The highest BCUT2D eigenvalue weighted by Crippen LogP contribution is 2.19. The number of halogens is 2. The highest BCUT2D eigenvalue weighted by atomic mass is 35.5. The molecule has 2 N–H and O–H groups in total. The van der Waals surface area contributed by atoms with E-state index < -0.39 is 5.82 Å². The second kappa shape index (κ2) is 10.1. The van der Waals surface area contributed by atoms with Crippen LogP contribution in [0.15, 0.2) is 47.6 Å². The molecule has 0 fully saturated rings. The molecule has 2 rings (SSSR count). The minimum Gasteiger partial charge on any atom is -0.372 e. The van der Waals surface area contributed by atoms with Crippen LogP contribution in [-0.4, -0.2) is 24.4 Å². The van der Waals surface area contributed by atoms with Crippen molar-refractivity contribution in [3.63, 3.8) is 0 Å². The first-order chi connectivity index (χ1) is 12.5. The summed E-state index contributed by atoms with van der Waals surface area (Å²) in [4.78, 5) is 2.33. The lowest BCUT2D eigenvalue weighted by Gasteiger charge is -2.22. The zero-order valence-corrected chi connectivity index (χ0v) is 16.4. The SMILES string of the molecule is CCCN(CC)c1ccc(/C=N\NC(=S)Nc2ccc(F)c(Cl)c2)cc1. The van der Waals surface area contributed by atoms with E-state index in [4.69, 9.17) is 23.8 Å². The molecule has 0 aliphatic carbocycles. The van der Waals surface area contributed by atoms with Gasteiger partial charge in [0.2, 0.25) is 0 Å². The minimum absolute atomic E-state index is 0.0330. The van der Waals surface area contributed by atoms with Crippen molar-refractivity contribution in [3.05, 3.63) is 58.9 Å². The van der Waals surface area contributed by atoms with Crippen LogP contribution >= 0.6 is 23.8 Å². The minimum atomic E-state index is -0.474. The molecular weight excluding hydrogens is 371 g/mol. The van der Waals surface area contributed by atoms with Gasteiger partial charge in [0.25, 0.3) is 0 Å². The fourth-order valence-electron chi connectivity index (χ4n) is 2.41. The first-order valence-corrected chi connectivity index (χ1v) is 9.22. The van der Waals surface area contributed by atoms with E-state index in [0.29, 0.717) is 10.8 Å². The molecule has 2 aromatic carbocycles. The molecule has 0 aliphatic heterocycles. The highest BCUT2D eigenvalue weighted by molar-refractivity contribution is 7.80. The zero-order chi connectivity index (χ0) is 18.9. The molecule has 2 aromatic rings. The quantitative estimate of drug-likeness (QED) is 0.393. The number of nitrogens with zero attached hydrogens (tertiary/aromatic N) is 2. The summed E-state index contributed by atoms with van der Waals surface area (Å²) in [5.74, 6) is -0.474. The lowest BCUT2D eigenvalue weighted by Crippen LogP contribution is -2.24. The topological polar surface area (TPSA) is 39.7 Å². The Morgan fingerprint density at radius 1 is 1.23 bits per heavy atom. The summed E-state index contributed by atoms with van der Waals surface area (Å²) in [5, 5.41) is 7.33. The van der Waals surface area contributed by atoms with Crippen molar-refractivity contribution in [3.8, 4) is 0 Å². The summed E-state index contributed by atoms with van der Waals surface area (Å²) in [6.07, 6.45) is 2.80. The molecule has 0 aromatic heterocycles. The molecule has 0 heterocycles. The van der Waals surface area contributed by atoms with Crippen molar-refractivity contribution in [2.45, 2.75) is 20.3 Å². The van der Waals surface area contributed by atoms with Gasteiger partial charge in [0, 0.05) is 24.5 Å². The lowest BCUT2D eigenvalue weighted by atomic mass is 10.2. The van der Waals surface area contributed by atoms with Gasteiger partial charge in [-0.05, 0) is 61.5 Å². The normalized spacial score (nSPS) is 10.8. The summed E-state index contributed by atoms with van der Waals surface area (Å²) in [6.45, 7) is 6.35. The molecule has 138 valence electrons. The summed E-state index contributed by atoms with van der Waals surface area (Å²) in [5.41, 5.74) is 5.47. The molecule has 0 bridgehead atoms. The maximum absolute atomic E-state index is 13.1. The summed E-state index contributed by atoms with van der Waals surface area (Å²) < 4.78 is 13.1. The van der Waals surface area contributed by atoms with E-state index in [1.807, 2.05) is 12.1 Å². The molecule has 0 atom stereocenters. The van der Waals surface area contributed by atoms with Crippen LogP contribution in [0.1, 0.15) is 25.8 Å². The molecule has 26 heavy (non-hydrogen) atoms. The third-order valence-corrected chi connectivity index (χ3v) is 4.17. The summed E-state index contributed by atoms with van der Waals surface area (Å²) in [6, 6.07) is 12.5. The Kier molecular flexibility index (Phi) is 7.81. The molecule has 0 amide bonds. The maximum Gasteiger partial charge on any atom is 0.191 e. The van der Waals surface area contributed by atoms with E-state index in [-0.39, 0.29) is 5.02 Å². The van der Waals surface area contributed by atoms with Crippen molar-refractivity contribution in [2.75, 3.05) is 23.3 Å². The van der Waals surface area contributed by atoms with Crippen molar-refractivity contribution in [1.29, 1.82) is 0 Å². The first kappa shape index (κ1) is 20.1. The van der Waals surface area contributed by atoms with Gasteiger partial charge in [-0.2, -0.15) is 5.10 Å². The van der Waals surface area contributed by atoms with E-state index in [2.05, 4.69) is 46.7 Å². The number of anilines is 2. The van der Waals surface area contributed by atoms with Crippen molar-refractivity contribution >= 4 is 46.5 Å². The fourth-order valence-corrected chi connectivity index (χ4v) is 2.76. The number of hydrogen-bond donors (Lipinski definition) is 2. The third kappa shape index (κ3) is 5.97. The molecule has 0 aliphatic rings. The molecule has 0 spiro atoms. The number of thiocarbonyl (C=S) groups is 1. The number of hydrogen-bond acceptors (Lipinski definition) is 3. The predicted molar refractivity (Wildman–Crippen MR) is 113 cm³/mol. The van der Waals surface area contributed by atoms with Crippen molar-refractivity contribution in [2.24, 2.45) is 5.10 Å². The van der Waals surface area contributed by atoms with E-state index in [1.165, 1.54) is 17.8 Å². The van der Waals surface area contributed by atoms with Crippen molar-refractivity contribution in [1.82, 2.24) is 5.43 Å². The van der Waals surface area contributed by atoms with Gasteiger partial charge in [0.15, 0.2) is 5.11 Å². The number of nitrogens with one attached hydrogen (secondary N) is 2. The van der Waals surface area contributed by atoms with Gasteiger partial charge in [-0.25, -0.2) is 4.39 Å². The van der Waals surface area contributed by atoms with Crippen molar-refractivity contribution < 1.29 is 4.39 Å². The standard InChI is InChI=1S/C19H22ClFN4S/c1-3-11-25(4-2)16-8-5-14(6-9-16)13-22-24-19(26)23-15-7-10-18(21)17(20)12-15/h5-10,12-13H,3-4,11H2,1-2H3,(H2,23,24,26)/b22-13-. The second-order valence-corrected chi connectivity index (χ2v) is 6.44. The van der Waals surface area contributed by atoms with E-state index in [0.717, 1.165) is 25.1 Å². The smallest absolute Gasteiger partial charge is 0.191 e. The van der Waals surface area contributed by atoms with Gasteiger partial charge in [-0.1, -0.05) is 30.7 Å². The Hall–Kier alpha value is -2.18. The lowest BCUT2D eigenvalue weighted by molar-refractivity contribution is 0.628. The molecule has 0 saturated heterocycles. The molecule has 0 saturated carbocycles. The summed E-state index contributed by atoms with van der Waals surface area (Å²) >= 11 is 10.9. The highest BCUT2D eigenvalue weighted by Gasteiger charge is 2.03. The summed E-state index contributed by atoms with van der Waals surface area (Å²) in [7, 11) is 0. The Balaban J connectivity index is 1.89. The molecule has 7 heteroatoms. The van der Waals surface area contributed by atoms with Gasteiger partial charge in [-0.3, -0.25) is 5.43 Å². The molecular formula is C19H22ClFN4S. The zero-order valence-electron chi connectivity index (χ0n) is 14.8. The number of rotatable bonds is 7. The Morgan fingerprint density at radius 3 is 2.58 bits per heavy atom. The average molecular weight is 393 g/mol. The molecule has 0 unspecified atom stereocenters. The van der Waals surface area contributed by atoms with Crippen LogP contribution in [0.5, 0.6) is 0 Å². The fraction of sp³-hybridized carbons (Fsp3) is 0.263. The van der Waals surface area contributed by atoms with Crippen LogP contribution in [0.25, 0.3) is 0 Å².